The van der Waals surface area contributed by atoms with E-state index in [1.165, 1.54) is 18.3 Å². The molecule has 6 nitrogen and oxygen atoms in total. The van der Waals surface area contributed by atoms with E-state index in [1.807, 2.05) is 31.2 Å². The summed E-state index contributed by atoms with van der Waals surface area (Å²) in [6, 6.07) is 11.9. The highest BCUT2D eigenvalue weighted by Gasteiger charge is 2.16. The summed E-state index contributed by atoms with van der Waals surface area (Å²) in [6.45, 7) is 1.93. The maximum absolute atomic E-state index is 11.5. The molecule has 0 aliphatic heterocycles. The number of pyridine rings is 1. The first-order chi connectivity index (χ1) is 11.5. The van der Waals surface area contributed by atoms with Crippen LogP contribution < -0.4 is 5.32 Å². The molecule has 3 rings (SSSR count). The molecule has 24 heavy (non-hydrogen) atoms. The number of anilines is 2. The summed E-state index contributed by atoms with van der Waals surface area (Å²) in [5.41, 5.74) is 2.61. The minimum Gasteiger partial charge on any atom is -0.478 e. The van der Waals surface area contributed by atoms with Gasteiger partial charge in [-0.25, -0.2) is 9.59 Å². The zero-order chi connectivity index (χ0) is 17.3. The van der Waals surface area contributed by atoms with Gasteiger partial charge in [0, 0.05) is 17.3 Å². The van der Waals surface area contributed by atoms with Crippen LogP contribution in [-0.2, 0) is 0 Å². The largest absolute Gasteiger partial charge is 0.478 e. The van der Waals surface area contributed by atoms with Crippen molar-refractivity contribution in [3.8, 4) is 0 Å². The average Bonchev–Trinajstić information content (AvgIpc) is 2.54. The first-order valence-corrected chi connectivity index (χ1v) is 7.19. The Morgan fingerprint density at radius 3 is 2.50 bits per heavy atom. The number of aryl methyl sites for hydroxylation is 1. The van der Waals surface area contributed by atoms with Crippen molar-refractivity contribution in [1.29, 1.82) is 0 Å². The van der Waals surface area contributed by atoms with Gasteiger partial charge in [-0.1, -0.05) is 12.1 Å². The van der Waals surface area contributed by atoms with Gasteiger partial charge in [0.25, 0.3) is 0 Å². The molecule has 2 aromatic carbocycles. The Labute approximate surface area is 137 Å². The second kappa shape index (κ2) is 6.00. The highest BCUT2D eigenvalue weighted by atomic mass is 16.4. The molecule has 0 atom stereocenters. The fourth-order valence-corrected chi connectivity index (χ4v) is 2.49. The summed E-state index contributed by atoms with van der Waals surface area (Å²) < 4.78 is 0. The lowest BCUT2D eigenvalue weighted by Crippen LogP contribution is -2.05. The Kier molecular flexibility index (Phi) is 3.87. The average molecular weight is 322 g/mol. The van der Waals surface area contributed by atoms with E-state index in [-0.39, 0.29) is 11.1 Å². The van der Waals surface area contributed by atoms with Crippen molar-refractivity contribution in [1.82, 2.24) is 4.98 Å². The molecule has 1 heterocycles. The molecule has 3 N–H and O–H groups in total. The lowest BCUT2D eigenvalue weighted by molar-refractivity contribution is 0.0687. The molecule has 0 fully saturated rings. The van der Waals surface area contributed by atoms with Crippen LogP contribution in [0.3, 0.4) is 0 Å². The van der Waals surface area contributed by atoms with Crippen LogP contribution in [0.5, 0.6) is 0 Å². The number of nitrogens with one attached hydrogen (secondary N) is 1. The molecule has 0 radical (unpaired) electrons. The van der Waals surface area contributed by atoms with Crippen molar-refractivity contribution >= 4 is 34.2 Å². The highest BCUT2D eigenvalue weighted by molar-refractivity contribution is 6.07. The van der Waals surface area contributed by atoms with Crippen LogP contribution in [0.25, 0.3) is 10.9 Å². The standard InChI is InChI=1S/C18H14N2O4/c1-10-3-2-4-12(7-10)20-16-13-8-11(17(21)22)5-6-15(13)19-9-14(16)18(23)24/h2-9H,1H3,(H,19,20)(H,21,22)(H,23,24). The van der Waals surface area contributed by atoms with Crippen molar-refractivity contribution in [2.75, 3.05) is 5.32 Å². The van der Waals surface area contributed by atoms with Crippen molar-refractivity contribution in [2.24, 2.45) is 0 Å². The molecule has 1 aromatic heterocycles. The summed E-state index contributed by atoms with van der Waals surface area (Å²) in [4.78, 5) is 26.9. The number of aromatic nitrogens is 1. The lowest BCUT2D eigenvalue weighted by Gasteiger charge is -2.13. The topological polar surface area (TPSA) is 99.5 Å². The maximum Gasteiger partial charge on any atom is 0.339 e. The van der Waals surface area contributed by atoms with Crippen molar-refractivity contribution in [3.63, 3.8) is 0 Å². The van der Waals surface area contributed by atoms with Crippen LogP contribution >= 0.6 is 0 Å². The molecule has 0 spiro atoms. The molecule has 3 aromatic rings. The lowest BCUT2D eigenvalue weighted by atomic mass is 10.1. The van der Waals surface area contributed by atoms with Gasteiger partial charge >= 0.3 is 11.9 Å². The summed E-state index contributed by atoms with van der Waals surface area (Å²) in [7, 11) is 0. The van der Waals surface area contributed by atoms with E-state index in [0.717, 1.165) is 5.56 Å². The van der Waals surface area contributed by atoms with E-state index in [9.17, 15) is 19.8 Å². The van der Waals surface area contributed by atoms with Gasteiger partial charge in [-0.2, -0.15) is 0 Å². The minimum atomic E-state index is -1.14. The number of rotatable bonds is 4. The number of hydrogen-bond donors (Lipinski definition) is 3. The first kappa shape index (κ1) is 15.5. The number of fused-ring (bicyclic) bond motifs is 1. The van der Waals surface area contributed by atoms with Gasteiger partial charge in [0.05, 0.1) is 16.8 Å². The molecule has 0 aliphatic rings. The Hall–Kier alpha value is -3.41. The summed E-state index contributed by atoms with van der Waals surface area (Å²) in [5.74, 6) is -2.22. The SMILES string of the molecule is Cc1cccc(Nc2c(C(=O)O)cnc3ccc(C(=O)O)cc23)c1. The van der Waals surface area contributed by atoms with Crippen LogP contribution in [-0.4, -0.2) is 27.1 Å². The van der Waals surface area contributed by atoms with Gasteiger partial charge in [0.2, 0.25) is 0 Å². The number of aromatic carboxylic acids is 2. The van der Waals surface area contributed by atoms with Crippen LogP contribution in [0.4, 0.5) is 11.4 Å². The third-order valence-electron chi connectivity index (χ3n) is 3.63. The number of carboxylic acids is 2. The van der Waals surface area contributed by atoms with Crippen molar-refractivity contribution in [3.05, 3.63) is 65.4 Å². The highest BCUT2D eigenvalue weighted by Crippen LogP contribution is 2.30. The van der Waals surface area contributed by atoms with Crippen LogP contribution in [0, 0.1) is 6.92 Å². The van der Waals surface area contributed by atoms with E-state index in [2.05, 4.69) is 10.3 Å². The predicted octanol–water partition coefficient (Wildman–Crippen LogP) is 3.68. The normalized spacial score (nSPS) is 10.5. The number of carboxylic acid groups (broad SMARTS) is 2. The number of carbonyl (C=O) groups is 2. The third kappa shape index (κ3) is 2.89. The van der Waals surface area contributed by atoms with Crippen molar-refractivity contribution < 1.29 is 19.8 Å². The minimum absolute atomic E-state index is 0.0217. The summed E-state index contributed by atoms with van der Waals surface area (Å²) in [6.07, 6.45) is 1.27. The molecule has 120 valence electrons. The molecule has 0 amide bonds. The quantitative estimate of drug-likeness (QED) is 0.677. The smallest absolute Gasteiger partial charge is 0.339 e. The predicted molar refractivity (Wildman–Crippen MR) is 90.1 cm³/mol. The van der Waals surface area contributed by atoms with Gasteiger partial charge in [0.15, 0.2) is 0 Å². The Morgan fingerprint density at radius 2 is 1.83 bits per heavy atom. The summed E-state index contributed by atoms with van der Waals surface area (Å²) in [5, 5.41) is 22.2. The number of hydrogen-bond acceptors (Lipinski definition) is 4. The molecule has 0 aliphatic carbocycles. The Balaban J connectivity index is 2.24. The van der Waals surface area contributed by atoms with Gasteiger partial charge in [-0.05, 0) is 42.8 Å². The molecular weight excluding hydrogens is 308 g/mol. The second-order valence-electron chi connectivity index (χ2n) is 5.38. The zero-order valence-corrected chi connectivity index (χ0v) is 12.8. The van der Waals surface area contributed by atoms with Crippen LogP contribution in [0.2, 0.25) is 0 Å². The summed E-state index contributed by atoms with van der Waals surface area (Å²) >= 11 is 0. The first-order valence-electron chi connectivity index (χ1n) is 7.19. The van der Waals surface area contributed by atoms with Crippen molar-refractivity contribution in [2.45, 2.75) is 6.92 Å². The fourth-order valence-electron chi connectivity index (χ4n) is 2.49. The molecular formula is C18H14N2O4. The van der Waals surface area contributed by atoms with E-state index >= 15 is 0 Å². The Morgan fingerprint density at radius 1 is 1.04 bits per heavy atom. The van der Waals surface area contributed by atoms with Gasteiger partial charge in [-0.15, -0.1) is 0 Å². The zero-order valence-electron chi connectivity index (χ0n) is 12.8. The van der Waals surface area contributed by atoms with E-state index in [0.29, 0.717) is 22.3 Å². The van der Waals surface area contributed by atoms with E-state index in [4.69, 9.17) is 0 Å². The van der Waals surface area contributed by atoms with E-state index in [1.54, 1.807) is 6.07 Å². The molecule has 6 heteroatoms. The molecule has 0 saturated carbocycles. The van der Waals surface area contributed by atoms with Gasteiger partial charge < -0.3 is 15.5 Å². The van der Waals surface area contributed by atoms with Crippen LogP contribution in [0.15, 0.2) is 48.7 Å². The second-order valence-corrected chi connectivity index (χ2v) is 5.38. The Bertz CT molecular complexity index is 961. The van der Waals surface area contributed by atoms with Gasteiger partial charge in [-0.3, -0.25) is 4.98 Å². The van der Waals surface area contributed by atoms with Crippen LogP contribution in [0.1, 0.15) is 26.3 Å². The number of benzene rings is 2. The van der Waals surface area contributed by atoms with E-state index < -0.39 is 11.9 Å². The fraction of sp³-hybridized carbons (Fsp3) is 0.0556. The van der Waals surface area contributed by atoms with Gasteiger partial charge in [0.1, 0.15) is 5.56 Å². The third-order valence-corrected chi connectivity index (χ3v) is 3.63. The monoisotopic (exact) mass is 322 g/mol. The molecule has 0 unspecified atom stereocenters. The molecule has 0 saturated heterocycles. The maximum atomic E-state index is 11.5. The number of nitrogens with zero attached hydrogens (tertiary/aromatic N) is 1. The molecule has 0 bridgehead atoms.